The molecule has 0 unspecified atom stereocenters. The fourth-order valence-electron chi connectivity index (χ4n) is 5.56. The van der Waals surface area contributed by atoms with Crippen LogP contribution in [0.3, 0.4) is 0 Å². The number of aromatic nitrogens is 1. The summed E-state index contributed by atoms with van der Waals surface area (Å²) in [5.41, 5.74) is 1.69. The minimum atomic E-state index is -0.0757. The van der Waals surface area contributed by atoms with Crippen LogP contribution < -0.4 is 5.32 Å². The van der Waals surface area contributed by atoms with E-state index in [2.05, 4.69) is 10.3 Å². The van der Waals surface area contributed by atoms with Gasteiger partial charge in [0.15, 0.2) is 0 Å². The second kappa shape index (κ2) is 5.23. The lowest BCUT2D eigenvalue weighted by molar-refractivity contribution is -0.0503. The third-order valence-corrected chi connectivity index (χ3v) is 6.31. The van der Waals surface area contributed by atoms with Crippen molar-refractivity contribution in [3.05, 3.63) is 28.5 Å². The maximum absolute atomic E-state index is 12.4. The molecule has 0 saturated heterocycles. The summed E-state index contributed by atoms with van der Waals surface area (Å²) in [4.78, 5) is 16.6. The normalized spacial score (nSPS) is 35.6. The van der Waals surface area contributed by atoms with Gasteiger partial charge in [0.05, 0.1) is 5.56 Å². The quantitative estimate of drug-likeness (QED) is 0.856. The average molecular weight is 319 g/mol. The first-order valence-corrected chi connectivity index (χ1v) is 8.82. The molecule has 0 aliphatic heterocycles. The van der Waals surface area contributed by atoms with E-state index in [1.807, 2.05) is 13.0 Å². The van der Waals surface area contributed by atoms with E-state index in [-0.39, 0.29) is 5.91 Å². The van der Waals surface area contributed by atoms with Crippen LogP contribution in [0.1, 0.15) is 54.6 Å². The van der Waals surface area contributed by atoms with Crippen LogP contribution >= 0.6 is 11.6 Å². The molecular formula is C18H23ClN2O. The van der Waals surface area contributed by atoms with E-state index in [0.29, 0.717) is 16.1 Å². The third kappa shape index (κ3) is 2.54. The highest BCUT2D eigenvalue weighted by Gasteiger charge is 2.50. The molecule has 1 N–H and O–H groups in total. The standard InChI is InChI=1S/C18H23ClN2O/c1-11-2-3-15(16(19)21-11)17(22)20-10-18-7-12-4-13(8-18)6-14(5-12)9-18/h2-3,12-14H,4-10H2,1H3,(H,20,22). The number of pyridine rings is 1. The van der Waals surface area contributed by atoms with Gasteiger partial charge < -0.3 is 5.32 Å². The van der Waals surface area contributed by atoms with Gasteiger partial charge in [0.25, 0.3) is 5.91 Å². The number of halogens is 1. The van der Waals surface area contributed by atoms with Crippen molar-refractivity contribution in [1.82, 2.24) is 10.3 Å². The zero-order chi connectivity index (χ0) is 15.3. The smallest absolute Gasteiger partial charge is 0.254 e. The number of nitrogens with one attached hydrogen (secondary N) is 1. The van der Waals surface area contributed by atoms with Gasteiger partial charge in [-0.3, -0.25) is 4.79 Å². The fourth-order valence-corrected chi connectivity index (χ4v) is 5.85. The molecule has 4 aliphatic rings. The van der Waals surface area contributed by atoms with Crippen LogP contribution in [0.25, 0.3) is 0 Å². The lowest BCUT2D eigenvalue weighted by Crippen LogP contribution is -2.51. The lowest BCUT2D eigenvalue weighted by atomic mass is 9.49. The van der Waals surface area contributed by atoms with Gasteiger partial charge in [-0.1, -0.05) is 11.6 Å². The van der Waals surface area contributed by atoms with Crippen LogP contribution in [0.4, 0.5) is 0 Å². The van der Waals surface area contributed by atoms with E-state index < -0.39 is 0 Å². The number of nitrogens with zero attached hydrogens (tertiary/aromatic N) is 1. The summed E-state index contributed by atoms with van der Waals surface area (Å²) in [7, 11) is 0. The van der Waals surface area contributed by atoms with Crippen LogP contribution in [-0.2, 0) is 0 Å². The van der Waals surface area contributed by atoms with Gasteiger partial charge in [-0.25, -0.2) is 4.98 Å². The zero-order valence-electron chi connectivity index (χ0n) is 13.1. The Bertz CT molecular complexity index is 578. The summed E-state index contributed by atoms with van der Waals surface area (Å²) in [6.07, 6.45) is 8.21. The Hall–Kier alpha value is -1.09. The van der Waals surface area contributed by atoms with Crippen molar-refractivity contribution in [1.29, 1.82) is 0 Å². The Labute approximate surface area is 136 Å². The van der Waals surface area contributed by atoms with Gasteiger partial charge >= 0.3 is 0 Å². The molecule has 22 heavy (non-hydrogen) atoms. The van der Waals surface area contributed by atoms with E-state index in [0.717, 1.165) is 30.0 Å². The molecule has 4 heteroatoms. The summed E-state index contributed by atoms with van der Waals surface area (Å²) in [5.74, 6) is 2.65. The van der Waals surface area contributed by atoms with Gasteiger partial charge in [0.2, 0.25) is 0 Å². The lowest BCUT2D eigenvalue weighted by Gasteiger charge is -2.56. The molecule has 1 aromatic rings. The van der Waals surface area contributed by atoms with Crippen LogP contribution in [0, 0.1) is 30.1 Å². The Morgan fingerprint density at radius 2 is 1.82 bits per heavy atom. The highest BCUT2D eigenvalue weighted by molar-refractivity contribution is 6.32. The second-order valence-corrected chi connectivity index (χ2v) is 8.25. The highest BCUT2D eigenvalue weighted by Crippen LogP contribution is 2.59. The van der Waals surface area contributed by atoms with Crippen LogP contribution in [-0.4, -0.2) is 17.4 Å². The summed E-state index contributed by atoms with van der Waals surface area (Å²) in [6.45, 7) is 2.68. The molecule has 4 aliphatic carbocycles. The molecule has 1 aromatic heterocycles. The SMILES string of the molecule is Cc1ccc(C(=O)NCC23CC4CC(CC(C4)C2)C3)c(Cl)n1. The summed E-state index contributed by atoms with van der Waals surface area (Å²) in [6, 6.07) is 3.62. The summed E-state index contributed by atoms with van der Waals surface area (Å²) >= 11 is 6.11. The van der Waals surface area contributed by atoms with Gasteiger partial charge in [-0.05, 0) is 80.8 Å². The highest BCUT2D eigenvalue weighted by atomic mass is 35.5. The van der Waals surface area contributed by atoms with Crippen molar-refractivity contribution in [3.63, 3.8) is 0 Å². The number of hydrogen-bond acceptors (Lipinski definition) is 2. The minimum absolute atomic E-state index is 0.0757. The number of carbonyl (C=O) groups excluding carboxylic acids is 1. The van der Waals surface area contributed by atoms with Crippen molar-refractivity contribution in [3.8, 4) is 0 Å². The van der Waals surface area contributed by atoms with Crippen LogP contribution in [0.2, 0.25) is 5.15 Å². The number of aryl methyl sites for hydroxylation is 1. The molecule has 5 rings (SSSR count). The zero-order valence-corrected chi connectivity index (χ0v) is 13.8. The van der Waals surface area contributed by atoms with Crippen molar-refractivity contribution >= 4 is 17.5 Å². The Morgan fingerprint density at radius 3 is 2.36 bits per heavy atom. The molecule has 0 aromatic carbocycles. The van der Waals surface area contributed by atoms with Crippen molar-refractivity contribution in [2.75, 3.05) is 6.54 Å². The van der Waals surface area contributed by atoms with Crippen molar-refractivity contribution in [2.24, 2.45) is 23.2 Å². The maximum Gasteiger partial charge on any atom is 0.254 e. The molecule has 4 bridgehead atoms. The topological polar surface area (TPSA) is 42.0 Å². The first-order valence-electron chi connectivity index (χ1n) is 8.44. The molecule has 0 spiro atoms. The van der Waals surface area contributed by atoms with Gasteiger partial charge in [-0.15, -0.1) is 0 Å². The minimum Gasteiger partial charge on any atom is -0.351 e. The molecule has 0 atom stereocenters. The Morgan fingerprint density at radius 1 is 1.23 bits per heavy atom. The second-order valence-electron chi connectivity index (χ2n) is 7.89. The summed E-state index contributed by atoms with van der Waals surface area (Å²) < 4.78 is 0. The largest absolute Gasteiger partial charge is 0.351 e. The van der Waals surface area contributed by atoms with Crippen molar-refractivity contribution in [2.45, 2.75) is 45.4 Å². The molecule has 0 radical (unpaired) electrons. The summed E-state index contributed by atoms with van der Waals surface area (Å²) in [5, 5.41) is 3.46. The number of amides is 1. The molecule has 3 nitrogen and oxygen atoms in total. The molecule has 1 heterocycles. The number of hydrogen-bond donors (Lipinski definition) is 1. The Kier molecular flexibility index (Phi) is 3.44. The number of rotatable bonds is 3. The average Bonchev–Trinajstić information content (AvgIpc) is 2.43. The van der Waals surface area contributed by atoms with E-state index >= 15 is 0 Å². The van der Waals surface area contributed by atoms with E-state index in [4.69, 9.17) is 11.6 Å². The monoisotopic (exact) mass is 318 g/mol. The molecular weight excluding hydrogens is 296 g/mol. The predicted octanol–water partition coefficient (Wildman–Crippen LogP) is 3.99. The molecule has 1 amide bonds. The van der Waals surface area contributed by atoms with Gasteiger partial charge in [0.1, 0.15) is 5.15 Å². The van der Waals surface area contributed by atoms with Gasteiger partial charge in [0, 0.05) is 12.2 Å². The predicted molar refractivity (Wildman–Crippen MR) is 86.9 cm³/mol. The molecule has 4 fully saturated rings. The molecule has 4 saturated carbocycles. The first kappa shape index (κ1) is 14.5. The van der Waals surface area contributed by atoms with E-state index in [1.165, 1.54) is 38.5 Å². The van der Waals surface area contributed by atoms with E-state index in [1.54, 1.807) is 6.07 Å². The van der Waals surface area contributed by atoms with Gasteiger partial charge in [-0.2, -0.15) is 0 Å². The first-order chi connectivity index (χ1) is 10.5. The Balaban J connectivity index is 1.45. The van der Waals surface area contributed by atoms with Crippen molar-refractivity contribution < 1.29 is 4.79 Å². The number of carbonyl (C=O) groups is 1. The fraction of sp³-hybridized carbons (Fsp3) is 0.667. The van der Waals surface area contributed by atoms with Crippen LogP contribution in [0.5, 0.6) is 0 Å². The van der Waals surface area contributed by atoms with E-state index in [9.17, 15) is 4.79 Å². The van der Waals surface area contributed by atoms with Crippen LogP contribution in [0.15, 0.2) is 12.1 Å². The third-order valence-electron chi connectivity index (χ3n) is 6.02. The molecule has 118 valence electrons. The maximum atomic E-state index is 12.4.